The molecule has 156 valence electrons. The van der Waals surface area contributed by atoms with Gasteiger partial charge in [-0.2, -0.15) is 0 Å². The van der Waals surface area contributed by atoms with Gasteiger partial charge < -0.3 is 4.74 Å². The predicted octanol–water partition coefficient (Wildman–Crippen LogP) is 8.25. The molecule has 2 aliphatic rings. The summed E-state index contributed by atoms with van der Waals surface area (Å²) in [6.07, 6.45) is 30.4. The van der Waals surface area contributed by atoms with E-state index in [9.17, 15) is 0 Å². The molecule has 0 amide bonds. The molecule has 0 saturated heterocycles. The SMILES string of the molecule is CC/C=C/C=C/CO[C@H]1CC[C@H](C2CCC(CCCCCCC)CC2)CC1. The maximum Gasteiger partial charge on any atom is 0.0654 e. The van der Waals surface area contributed by atoms with Crippen LogP contribution in [0.3, 0.4) is 0 Å². The molecule has 2 saturated carbocycles. The lowest BCUT2D eigenvalue weighted by molar-refractivity contribution is 0.0210. The van der Waals surface area contributed by atoms with Crippen LogP contribution in [0.4, 0.5) is 0 Å². The number of ether oxygens (including phenoxy) is 1. The highest BCUT2D eigenvalue weighted by Gasteiger charge is 2.30. The molecule has 0 N–H and O–H groups in total. The summed E-state index contributed by atoms with van der Waals surface area (Å²) in [5.41, 5.74) is 0. The minimum atomic E-state index is 0.514. The van der Waals surface area contributed by atoms with Crippen LogP contribution in [-0.2, 0) is 4.74 Å². The van der Waals surface area contributed by atoms with Crippen molar-refractivity contribution in [3.05, 3.63) is 24.3 Å². The lowest BCUT2D eigenvalue weighted by Gasteiger charge is -2.37. The van der Waals surface area contributed by atoms with Gasteiger partial charge in [-0.1, -0.05) is 89.5 Å². The Balaban J connectivity index is 1.53. The molecule has 0 heterocycles. The first-order valence-electron chi connectivity index (χ1n) is 12.3. The Morgan fingerprint density at radius 3 is 2.00 bits per heavy atom. The average Bonchev–Trinajstić information content (AvgIpc) is 2.71. The van der Waals surface area contributed by atoms with Gasteiger partial charge in [0.05, 0.1) is 12.7 Å². The van der Waals surface area contributed by atoms with Gasteiger partial charge in [-0.25, -0.2) is 0 Å². The molecule has 0 atom stereocenters. The van der Waals surface area contributed by atoms with Crippen LogP contribution in [0.5, 0.6) is 0 Å². The van der Waals surface area contributed by atoms with Crippen LogP contribution in [-0.4, -0.2) is 12.7 Å². The topological polar surface area (TPSA) is 9.23 Å². The van der Waals surface area contributed by atoms with Crippen molar-refractivity contribution in [2.75, 3.05) is 6.61 Å². The third-order valence-corrected chi connectivity index (χ3v) is 7.04. The first-order chi connectivity index (χ1) is 13.3. The van der Waals surface area contributed by atoms with Crippen molar-refractivity contribution in [3.8, 4) is 0 Å². The van der Waals surface area contributed by atoms with Crippen molar-refractivity contribution in [1.82, 2.24) is 0 Å². The van der Waals surface area contributed by atoms with E-state index in [1.54, 1.807) is 0 Å². The molecule has 2 rings (SSSR count). The van der Waals surface area contributed by atoms with Crippen molar-refractivity contribution in [2.24, 2.45) is 17.8 Å². The van der Waals surface area contributed by atoms with Gasteiger partial charge in [0.15, 0.2) is 0 Å². The van der Waals surface area contributed by atoms with E-state index in [4.69, 9.17) is 4.74 Å². The zero-order valence-corrected chi connectivity index (χ0v) is 18.3. The van der Waals surface area contributed by atoms with Crippen molar-refractivity contribution in [2.45, 2.75) is 116 Å². The van der Waals surface area contributed by atoms with Crippen LogP contribution in [0, 0.1) is 17.8 Å². The lowest BCUT2D eigenvalue weighted by atomic mass is 9.70. The molecule has 0 radical (unpaired) electrons. The summed E-state index contributed by atoms with van der Waals surface area (Å²) in [6.45, 7) is 5.26. The molecule has 1 nitrogen and oxygen atoms in total. The van der Waals surface area contributed by atoms with Crippen LogP contribution >= 0.6 is 0 Å². The molecule has 0 bridgehead atoms. The Kier molecular flexibility index (Phi) is 12.2. The quantitative estimate of drug-likeness (QED) is 0.247. The molecule has 1 heteroatoms. The maximum absolute atomic E-state index is 6.07. The third-order valence-electron chi connectivity index (χ3n) is 7.04. The van der Waals surface area contributed by atoms with Crippen LogP contribution in [0.25, 0.3) is 0 Å². The summed E-state index contributed by atoms with van der Waals surface area (Å²) in [4.78, 5) is 0. The normalized spacial score (nSPS) is 29.7. The van der Waals surface area contributed by atoms with Gasteiger partial charge >= 0.3 is 0 Å². The molecular weight excluding hydrogens is 328 g/mol. The Hall–Kier alpha value is -0.560. The summed E-state index contributed by atoms with van der Waals surface area (Å²) in [5, 5.41) is 0. The Labute approximate surface area is 170 Å². The van der Waals surface area contributed by atoms with E-state index in [0.717, 1.165) is 30.8 Å². The minimum absolute atomic E-state index is 0.514. The second kappa shape index (κ2) is 14.4. The number of hydrogen-bond acceptors (Lipinski definition) is 1. The molecule has 0 aromatic carbocycles. The van der Waals surface area contributed by atoms with Crippen LogP contribution in [0.15, 0.2) is 24.3 Å². The maximum atomic E-state index is 6.07. The molecule has 0 spiro atoms. The smallest absolute Gasteiger partial charge is 0.0654 e. The van der Waals surface area contributed by atoms with Crippen molar-refractivity contribution >= 4 is 0 Å². The van der Waals surface area contributed by atoms with Gasteiger partial charge in [0.1, 0.15) is 0 Å². The first-order valence-corrected chi connectivity index (χ1v) is 12.3. The van der Waals surface area contributed by atoms with Gasteiger partial charge in [0.25, 0.3) is 0 Å². The summed E-state index contributed by atoms with van der Waals surface area (Å²) < 4.78 is 6.07. The zero-order valence-electron chi connectivity index (χ0n) is 18.3. The standard InChI is InChI=1S/C26H46O/c1-3-5-7-9-11-13-23-14-16-24(17-15-23)25-18-20-26(21-19-25)27-22-12-10-8-6-4-2/h6,8,10,12,23-26H,3-5,7,9,11,13-22H2,1-2H3/b8-6+,12-10+/t23?,24?,25-,26-. The van der Waals surface area contributed by atoms with Gasteiger partial charge in [-0.15, -0.1) is 0 Å². The highest BCUT2D eigenvalue weighted by molar-refractivity contribution is 5.02. The molecular formula is C26H46O. The molecule has 0 aromatic rings. The second-order valence-electron chi connectivity index (χ2n) is 9.12. The summed E-state index contributed by atoms with van der Waals surface area (Å²) in [5.74, 6) is 3.08. The van der Waals surface area contributed by atoms with E-state index in [0.29, 0.717) is 6.10 Å². The largest absolute Gasteiger partial charge is 0.374 e. The van der Waals surface area contributed by atoms with Crippen LogP contribution in [0.1, 0.15) is 110 Å². The Morgan fingerprint density at radius 2 is 1.33 bits per heavy atom. The van der Waals surface area contributed by atoms with Crippen LogP contribution in [0.2, 0.25) is 0 Å². The summed E-state index contributed by atoms with van der Waals surface area (Å²) in [7, 11) is 0. The van der Waals surface area contributed by atoms with Crippen molar-refractivity contribution in [1.29, 1.82) is 0 Å². The number of rotatable bonds is 12. The Morgan fingerprint density at radius 1 is 0.704 bits per heavy atom. The zero-order chi connectivity index (χ0) is 19.2. The van der Waals surface area contributed by atoms with Crippen molar-refractivity contribution in [3.63, 3.8) is 0 Å². The van der Waals surface area contributed by atoms with E-state index in [2.05, 4.69) is 38.2 Å². The molecule has 0 unspecified atom stereocenters. The molecule has 27 heavy (non-hydrogen) atoms. The summed E-state index contributed by atoms with van der Waals surface area (Å²) >= 11 is 0. The number of allylic oxidation sites excluding steroid dienone is 3. The Bertz CT molecular complexity index is 394. The second-order valence-corrected chi connectivity index (χ2v) is 9.12. The fourth-order valence-electron chi connectivity index (χ4n) is 5.25. The van der Waals surface area contributed by atoms with Crippen molar-refractivity contribution < 1.29 is 4.74 Å². The first kappa shape index (κ1) is 22.7. The fourth-order valence-corrected chi connectivity index (χ4v) is 5.25. The van der Waals surface area contributed by atoms with E-state index < -0.39 is 0 Å². The van der Waals surface area contributed by atoms with Gasteiger partial charge in [0, 0.05) is 0 Å². The van der Waals surface area contributed by atoms with E-state index in [1.807, 2.05) is 0 Å². The third kappa shape index (κ3) is 9.46. The minimum Gasteiger partial charge on any atom is -0.374 e. The van der Waals surface area contributed by atoms with E-state index >= 15 is 0 Å². The fraction of sp³-hybridized carbons (Fsp3) is 0.846. The highest BCUT2D eigenvalue weighted by Crippen LogP contribution is 2.41. The molecule has 2 fully saturated rings. The van der Waals surface area contributed by atoms with E-state index in [-0.39, 0.29) is 0 Å². The van der Waals surface area contributed by atoms with Gasteiger partial charge in [-0.3, -0.25) is 0 Å². The number of hydrogen-bond donors (Lipinski definition) is 0. The van der Waals surface area contributed by atoms with Gasteiger partial charge in [0.2, 0.25) is 0 Å². The lowest BCUT2D eigenvalue weighted by Crippen LogP contribution is -2.28. The van der Waals surface area contributed by atoms with E-state index in [1.165, 1.54) is 89.9 Å². The molecule has 0 aromatic heterocycles. The highest BCUT2D eigenvalue weighted by atomic mass is 16.5. The monoisotopic (exact) mass is 374 g/mol. The molecule has 0 aliphatic heterocycles. The molecule has 2 aliphatic carbocycles. The summed E-state index contributed by atoms with van der Waals surface area (Å²) in [6, 6.07) is 0. The predicted molar refractivity (Wildman–Crippen MR) is 119 cm³/mol. The number of unbranched alkanes of at least 4 members (excludes halogenated alkanes) is 4. The van der Waals surface area contributed by atoms with Crippen LogP contribution < -0.4 is 0 Å². The van der Waals surface area contributed by atoms with Gasteiger partial charge in [-0.05, 0) is 62.7 Å². The average molecular weight is 375 g/mol.